The van der Waals surface area contributed by atoms with Crippen molar-refractivity contribution in [3.05, 3.63) is 0 Å². The molecular formula is C23H36O3. The minimum absolute atomic E-state index is 0.0239. The van der Waals surface area contributed by atoms with Crippen molar-refractivity contribution in [2.75, 3.05) is 0 Å². The zero-order chi connectivity index (χ0) is 18.7. The summed E-state index contributed by atoms with van der Waals surface area (Å²) in [5.41, 5.74) is 0.119. The van der Waals surface area contributed by atoms with Crippen LogP contribution in [0.2, 0.25) is 0 Å². The topological polar surface area (TPSA) is 43.4 Å². The number of hydrogen-bond donors (Lipinski definition) is 0. The van der Waals surface area contributed by atoms with E-state index in [9.17, 15) is 9.59 Å². The molecule has 4 saturated carbocycles. The molecule has 4 rings (SSSR count). The Labute approximate surface area is 158 Å². The minimum Gasteiger partial charge on any atom is -0.459 e. The third kappa shape index (κ3) is 2.52. The minimum atomic E-state index is -0.227. The molecule has 4 fully saturated rings. The maximum Gasteiger partial charge on any atom is 0.303 e. The smallest absolute Gasteiger partial charge is 0.303 e. The monoisotopic (exact) mass is 360 g/mol. The van der Waals surface area contributed by atoms with Crippen LogP contribution in [-0.4, -0.2) is 17.4 Å². The largest absolute Gasteiger partial charge is 0.459 e. The zero-order valence-corrected chi connectivity index (χ0v) is 17.1. The summed E-state index contributed by atoms with van der Waals surface area (Å²) < 4.78 is 5.87. The van der Waals surface area contributed by atoms with E-state index in [1.807, 2.05) is 0 Å². The Bertz CT molecular complexity index is 613. The summed E-state index contributed by atoms with van der Waals surface area (Å²) in [7, 11) is 0. The summed E-state index contributed by atoms with van der Waals surface area (Å²) in [4.78, 5) is 24.2. The second-order valence-corrected chi connectivity index (χ2v) is 10.4. The van der Waals surface area contributed by atoms with Crippen LogP contribution >= 0.6 is 0 Å². The average Bonchev–Trinajstić information content (AvgIpc) is 2.90. The van der Waals surface area contributed by atoms with E-state index in [-0.39, 0.29) is 17.0 Å². The van der Waals surface area contributed by atoms with Crippen molar-refractivity contribution in [1.82, 2.24) is 0 Å². The predicted molar refractivity (Wildman–Crippen MR) is 102 cm³/mol. The van der Waals surface area contributed by atoms with Crippen molar-refractivity contribution in [1.29, 1.82) is 0 Å². The average molecular weight is 361 g/mol. The van der Waals surface area contributed by atoms with Gasteiger partial charge in [0.2, 0.25) is 0 Å². The molecule has 0 aromatic rings. The van der Waals surface area contributed by atoms with Crippen molar-refractivity contribution in [3.8, 4) is 0 Å². The number of carbonyl (C=O) groups excluding carboxylic acids is 2. The highest BCUT2D eigenvalue weighted by Gasteiger charge is 2.61. The molecule has 3 heteroatoms. The molecule has 0 heterocycles. The Morgan fingerprint density at radius 2 is 1.85 bits per heavy atom. The fourth-order valence-corrected chi connectivity index (χ4v) is 7.87. The normalized spacial score (nSPS) is 50.5. The van der Waals surface area contributed by atoms with Gasteiger partial charge in [0.15, 0.2) is 0 Å². The lowest BCUT2D eigenvalue weighted by Crippen LogP contribution is -2.56. The van der Waals surface area contributed by atoms with Crippen molar-refractivity contribution in [3.63, 3.8) is 0 Å². The fourth-order valence-electron chi connectivity index (χ4n) is 7.87. The number of rotatable bonds is 2. The molecular weight excluding hydrogens is 324 g/mol. The van der Waals surface area contributed by atoms with Crippen LogP contribution in [0.25, 0.3) is 0 Å². The number of carbonyl (C=O) groups is 2. The summed E-state index contributed by atoms with van der Waals surface area (Å²) in [6, 6.07) is 0. The molecule has 0 N–H and O–H groups in total. The Kier molecular flexibility index (Phi) is 4.32. The molecule has 0 spiro atoms. The molecule has 4 aliphatic carbocycles. The lowest BCUT2D eigenvalue weighted by molar-refractivity contribution is -0.182. The first kappa shape index (κ1) is 18.5. The van der Waals surface area contributed by atoms with Gasteiger partial charge in [0.1, 0.15) is 11.4 Å². The van der Waals surface area contributed by atoms with Crippen LogP contribution in [-0.2, 0) is 14.3 Å². The van der Waals surface area contributed by atoms with Crippen LogP contribution < -0.4 is 0 Å². The third-order valence-corrected chi connectivity index (χ3v) is 9.52. The zero-order valence-electron chi connectivity index (χ0n) is 17.1. The highest BCUT2D eigenvalue weighted by molar-refractivity contribution is 5.87. The van der Waals surface area contributed by atoms with Gasteiger partial charge >= 0.3 is 5.97 Å². The van der Waals surface area contributed by atoms with Crippen molar-refractivity contribution < 1.29 is 14.3 Å². The van der Waals surface area contributed by atoms with E-state index in [1.165, 1.54) is 25.7 Å². The first-order valence-corrected chi connectivity index (χ1v) is 11.0. The van der Waals surface area contributed by atoms with Gasteiger partial charge in [0, 0.05) is 18.8 Å². The van der Waals surface area contributed by atoms with E-state index in [2.05, 4.69) is 20.8 Å². The summed E-state index contributed by atoms with van der Waals surface area (Å²) >= 11 is 0. The van der Waals surface area contributed by atoms with Gasteiger partial charge < -0.3 is 4.74 Å². The van der Waals surface area contributed by atoms with Crippen molar-refractivity contribution in [2.45, 2.75) is 97.5 Å². The molecule has 4 aliphatic rings. The van der Waals surface area contributed by atoms with E-state index in [1.54, 1.807) is 6.92 Å². The van der Waals surface area contributed by atoms with Gasteiger partial charge in [-0.05, 0) is 86.9 Å². The molecule has 0 saturated heterocycles. The molecule has 146 valence electrons. The summed E-state index contributed by atoms with van der Waals surface area (Å²) in [5, 5.41) is 0. The lowest BCUT2D eigenvalue weighted by Gasteiger charge is -2.61. The van der Waals surface area contributed by atoms with Gasteiger partial charge in [-0.25, -0.2) is 0 Å². The molecule has 7 atom stereocenters. The predicted octanol–water partition coefficient (Wildman–Crippen LogP) is 5.31. The van der Waals surface area contributed by atoms with E-state index in [4.69, 9.17) is 4.74 Å². The van der Waals surface area contributed by atoms with Gasteiger partial charge in [-0.2, -0.15) is 0 Å². The number of esters is 1. The summed E-state index contributed by atoms with van der Waals surface area (Å²) in [5.74, 6) is 3.21. The highest BCUT2D eigenvalue weighted by atomic mass is 16.6. The second-order valence-electron chi connectivity index (χ2n) is 10.4. The molecule has 0 aromatic carbocycles. The van der Waals surface area contributed by atoms with Crippen LogP contribution in [0, 0.1) is 34.5 Å². The Morgan fingerprint density at radius 3 is 2.54 bits per heavy atom. The second kappa shape index (κ2) is 6.07. The Hall–Kier alpha value is -0.860. The van der Waals surface area contributed by atoms with Crippen molar-refractivity contribution in [2.24, 2.45) is 34.5 Å². The van der Waals surface area contributed by atoms with Gasteiger partial charge in [-0.3, -0.25) is 9.59 Å². The van der Waals surface area contributed by atoms with Crippen LogP contribution in [0.5, 0.6) is 0 Å². The first-order chi connectivity index (χ1) is 12.2. The Balaban J connectivity index is 1.58. The molecule has 26 heavy (non-hydrogen) atoms. The summed E-state index contributed by atoms with van der Waals surface area (Å²) in [6.07, 6.45) is 11.0. The van der Waals surface area contributed by atoms with Crippen LogP contribution in [0.3, 0.4) is 0 Å². The molecule has 0 amide bonds. The van der Waals surface area contributed by atoms with Gasteiger partial charge in [-0.1, -0.05) is 20.8 Å². The van der Waals surface area contributed by atoms with Gasteiger partial charge in [0.25, 0.3) is 0 Å². The molecule has 3 nitrogen and oxygen atoms in total. The number of fused-ring (bicyclic) bond motifs is 5. The molecule has 0 bridgehead atoms. The fraction of sp³-hybridized carbons (Fsp3) is 0.913. The highest BCUT2D eigenvalue weighted by Crippen LogP contribution is 2.66. The Morgan fingerprint density at radius 1 is 1.08 bits per heavy atom. The van der Waals surface area contributed by atoms with Gasteiger partial charge in [-0.15, -0.1) is 0 Å². The third-order valence-electron chi connectivity index (χ3n) is 9.52. The summed E-state index contributed by atoms with van der Waals surface area (Å²) in [6.45, 7) is 8.52. The molecule has 7 unspecified atom stereocenters. The molecule has 0 aliphatic heterocycles. The molecule has 0 aromatic heterocycles. The number of ketones is 1. The maximum absolute atomic E-state index is 12.5. The SMILES string of the molecule is CCC1(OC(C)=O)CCC2(C)C(CCC3C4CCC(=O)C4(C)CCC32)C1. The lowest BCUT2D eigenvalue weighted by atomic mass is 9.44. The van der Waals surface area contributed by atoms with Crippen LogP contribution in [0.4, 0.5) is 0 Å². The van der Waals surface area contributed by atoms with E-state index in [0.717, 1.165) is 50.4 Å². The number of Topliss-reactive ketones (excluding diaryl/α,β-unsaturated/α-hetero) is 1. The van der Waals surface area contributed by atoms with Crippen molar-refractivity contribution >= 4 is 11.8 Å². The van der Waals surface area contributed by atoms with Gasteiger partial charge in [0.05, 0.1) is 0 Å². The van der Waals surface area contributed by atoms with E-state index < -0.39 is 0 Å². The number of hydrogen-bond acceptors (Lipinski definition) is 3. The van der Waals surface area contributed by atoms with Crippen LogP contribution in [0.15, 0.2) is 0 Å². The number of ether oxygens (including phenoxy) is 1. The molecule has 0 radical (unpaired) electrons. The van der Waals surface area contributed by atoms with E-state index in [0.29, 0.717) is 23.0 Å². The van der Waals surface area contributed by atoms with E-state index >= 15 is 0 Å². The first-order valence-electron chi connectivity index (χ1n) is 11.0. The van der Waals surface area contributed by atoms with Crippen LogP contribution in [0.1, 0.15) is 91.9 Å². The maximum atomic E-state index is 12.5. The standard InChI is InChI=1S/C23H36O3/c1-5-23(26-15(2)24)13-12-21(3)16(14-23)6-7-17-18-8-9-20(25)22(18,4)11-10-19(17)21/h16-19H,5-14H2,1-4H3. The quantitative estimate of drug-likeness (QED) is 0.627.